The van der Waals surface area contributed by atoms with Crippen LogP contribution in [-0.2, 0) is 10.0 Å². The van der Waals surface area contributed by atoms with Gasteiger partial charge in [0.25, 0.3) is 5.91 Å². The molecule has 0 unspecified atom stereocenters. The standard InChI is InChI=1S/C18H29N3O4S/c1-5-12-21(15-8-10-19-11-9-15)18(22)14-6-7-16(25-4)17(13-14)26(23,24)20(2)3/h6-7,13,15,19H,5,8-12H2,1-4H3. The average molecular weight is 384 g/mol. The molecule has 1 fully saturated rings. The first-order chi connectivity index (χ1) is 12.3. The lowest BCUT2D eigenvalue weighted by molar-refractivity contribution is 0.0642. The van der Waals surface area contributed by atoms with Crippen molar-refractivity contribution in [3.05, 3.63) is 23.8 Å². The number of carbonyl (C=O) groups is 1. The topological polar surface area (TPSA) is 79.0 Å². The fourth-order valence-corrected chi connectivity index (χ4v) is 4.26. The highest BCUT2D eigenvalue weighted by molar-refractivity contribution is 7.89. The number of nitrogens with one attached hydrogen (secondary N) is 1. The molecule has 0 atom stereocenters. The number of rotatable bonds is 7. The van der Waals surface area contributed by atoms with Crippen LogP contribution < -0.4 is 10.1 Å². The Morgan fingerprint density at radius 3 is 2.46 bits per heavy atom. The zero-order chi connectivity index (χ0) is 19.3. The van der Waals surface area contributed by atoms with Crippen molar-refractivity contribution in [2.45, 2.75) is 37.1 Å². The third-order valence-corrected chi connectivity index (χ3v) is 6.48. The van der Waals surface area contributed by atoms with Gasteiger partial charge in [-0.2, -0.15) is 0 Å². The Bertz CT molecular complexity index is 728. The van der Waals surface area contributed by atoms with Gasteiger partial charge in [-0.15, -0.1) is 0 Å². The lowest BCUT2D eigenvalue weighted by Crippen LogP contribution is -2.46. The van der Waals surface area contributed by atoms with E-state index in [1.165, 1.54) is 27.3 Å². The Kier molecular flexibility index (Phi) is 7.02. The van der Waals surface area contributed by atoms with Crippen molar-refractivity contribution in [2.75, 3.05) is 40.8 Å². The number of benzene rings is 1. The maximum absolute atomic E-state index is 13.1. The summed E-state index contributed by atoms with van der Waals surface area (Å²) in [6, 6.07) is 4.80. The van der Waals surface area contributed by atoms with Crippen LogP contribution in [0, 0.1) is 0 Å². The van der Waals surface area contributed by atoms with Crippen molar-refractivity contribution in [1.29, 1.82) is 0 Å². The van der Waals surface area contributed by atoms with Crippen LogP contribution >= 0.6 is 0 Å². The molecule has 0 bridgehead atoms. The van der Waals surface area contributed by atoms with Gasteiger partial charge in [0, 0.05) is 32.2 Å². The number of hydrogen-bond donors (Lipinski definition) is 1. The molecule has 0 saturated carbocycles. The highest BCUT2D eigenvalue weighted by Gasteiger charge is 2.28. The molecule has 0 spiro atoms. The molecule has 1 aromatic rings. The summed E-state index contributed by atoms with van der Waals surface area (Å²) in [6.45, 7) is 4.48. The molecular weight excluding hydrogens is 354 g/mol. The van der Waals surface area contributed by atoms with E-state index < -0.39 is 10.0 Å². The van der Waals surface area contributed by atoms with Crippen LogP contribution in [-0.4, -0.2) is 70.4 Å². The van der Waals surface area contributed by atoms with Crippen LogP contribution in [0.5, 0.6) is 5.75 Å². The fourth-order valence-electron chi connectivity index (χ4n) is 3.18. The van der Waals surface area contributed by atoms with E-state index in [2.05, 4.69) is 5.32 Å². The molecule has 26 heavy (non-hydrogen) atoms. The number of piperidine rings is 1. The summed E-state index contributed by atoms with van der Waals surface area (Å²) in [4.78, 5) is 15.0. The third-order valence-electron chi connectivity index (χ3n) is 4.64. The number of sulfonamides is 1. The van der Waals surface area contributed by atoms with E-state index in [0.29, 0.717) is 12.1 Å². The van der Waals surface area contributed by atoms with Crippen LogP contribution in [0.4, 0.5) is 0 Å². The maximum Gasteiger partial charge on any atom is 0.254 e. The SMILES string of the molecule is CCCN(C(=O)c1ccc(OC)c(S(=O)(=O)N(C)C)c1)C1CCNCC1. The molecule has 2 rings (SSSR count). The van der Waals surface area contributed by atoms with Crippen LogP contribution in [0.1, 0.15) is 36.5 Å². The molecule has 7 nitrogen and oxygen atoms in total. The molecule has 1 heterocycles. The largest absolute Gasteiger partial charge is 0.495 e. The highest BCUT2D eigenvalue weighted by Crippen LogP contribution is 2.28. The van der Waals surface area contributed by atoms with E-state index in [1.807, 2.05) is 11.8 Å². The second-order valence-corrected chi connectivity index (χ2v) is 8.75. The summed E-state index contributed by atoms with van der Waals surface area (Å²) < 4.78 is 31.5. The number of amides is 1. The van der Waals surface area contributed by atoms with Crippen LogP contribution in [0.25, 0.3) is 0 Å². The molecule has 1 saturated heterocycles. The number of methoxy groups -OCH3 is 1. The van der Waals surface area contributed by atoms with Gasteiger partial charge in [0.05, 0.1) is 7.11 Å². The van der Waals surface area contributed by atoms with Crippen molar-refractivity contribution < 1.29 is 17.9 Å². The number of carbonyl (C=O) groups excluding carboxylic acids is 1. The summed E-state index contributed by atoms with van der Waals surface area (Å²) in [5, 5.41) is 3.31. The molecule has 8 heteroatoms. The molecular formula is C18H29N3O4S. The average Bonchev–Trinajstić information content (AvgIpc) is 2.65. The first-order valence-corrected chi connectivity index (χ1v) is 10.4. The van der Waals surface area contributed by atoms with E-state index in [0.717, 1.165) is 36.7 Å². The van der Waals surface area contributed by atoms with Crippen molar-refractivity contribution in [2.24, 2.45) is 0 Å². The number of hydrogen-bond acceptors (Lipinski definition) is 5. The Labute approximate surface area is 156 Å². The predicted molar refractivity (Wildman–Crippen MR) is 101 cm³/mol. The summed E-state index contributed by atoms with van der Waals surface area (Å²) in [7, 11) is 0.630. The van der Waals surface area contributed by atoms with Crippen molar-refractivity contribution in [3.8, 4) is 5.75 Å². The Morgan fingerprint density at radius 2 is 1.92 bits per heavy atom. The minimum atomic E-state index is -3.71. The molecule has 1 aliphatic heterocycles. The smallest absolute Gasteiger partial charge is 0.254 e. The quantitative estimate of drug-likeness (QED) is 0.773. The van der Waals surface area contributed by atoms with E-state index in [-0.39, 0.29) is 22.6 Å². The Balaban J connectivity index is 2.41. The lowest BCUT2D eigenvalue weighted by Gasteiger charge is -2.34. The maximum atomic E-state index is 13.1. The molecule has 0 aromatic heterocycles. The minimum absolute atomic E-state index is 0.0117. The molecule has 146 valence electrons. The Hall–Kier alpha value is -1.64. The monoisotopic (exact) mass is 383 g/mol. The van der Waals surface area contributed by atoms with E-state index in [4.69, 9.17) is 4.74 Å². The molecule has 1 aromatic carbocycles. The Morgan fingerprint density at radius 1 is 1.27 bits per heavy atom. The summed E-state index contributed by atoms with van der Waals surface area (Å²) in [6.07, 6.45) is 2.67. The van der Waals surface area contributed by atoms with E-state index in [9.17, 15) is 13.2 Å². The second kappa shape index (κ2) is 8.83. The van der Waals surface area contributed by atoms with E-state index >= 15 is 0 Å². The van der Waals surface area contributed by atoms with Gasteiger partial charge in [0.15, 0.2) is 0 Å². The van der Waals surface area contributed by atoms with Gasteiger partial charge in [-0.05, 0) is 50.6 Å². The number of ether oxygens (including phenoxy) is 1. The van der Waals surface area contributed by atoms with Crippen molar-refractivity contribution in [1.82, 2.24) is 14.5 Å². The molecule has 1 amide bonds. The van der Waals surface area contributed by atoms with Gasteiger partial charge < -0.3 is 15.0 Å². The molecule has 0 radical (unpaired) electrons. The second-order valence-electron chi connectivity index (χ2n) is 6.63. The van der Waals surface area contributed by atoms with Crippen LogP contribution in [0.15, 0.2) is 23.1 Å². The van der Waals surface area contributed by atoms with Gasteiger partial charge in [0.1, 0.15) is 10.6 Å². The normalized spacial score (nSPS) is 15.9. The lowest BCUT2D eigenvalue weighted by atomic mass is 10.0. The van der Waals surface area contributed by atoms with Crippen molar-refractivity contribution in [3.63, 3.8) is 0 Å². The fraction of sp³-hybridized carbons (Fsp3) is 0.611. The minimum Gasteiger partial charge on any atom is -0.495 e. The first-order valence-electron chi connectivity index (χ1n) is 8.95. The zero-order valence-corrected chi connectivity index (χ0v) is 16.8. The number of nitrogens with zero attached hydrogens (tertiary/aromatic N) is 2. The van der Waals surface area contributed by atoms with Gasteiger partial charge in [0.2, 0.25) is 10.0 Å². The molecule has 1 N–H and O–H groups in total. The van der Waals surface area contributed by atoms with Gasteiger partial charge in [-0.25, -0.2) is 12.7 Å². The van der Waals surface area contributed by atoms with Gasteiger partial charge >= 0.3 is 0 Å². The third kappa shape index (κ3) is 4.36. The van der Waals surface area contributed by atoms with E-state index in [1.54, 1.807) is 12.1 Å². The summed E-state index contributed by atoms with van der Waals surface area (Å²) in [5.41, 5.74) is 0.373. The molecule has 0 aliphatic carbocycles. The predicted octanol–water partition coefficient (Wildman–Crippen LogP) is 1.55. The summed E-state index contributed by atoms with van der Waals surface area (Å²) in [5.74, 6) is 0.107. The zero-order valence-electron chi connectivity index (χ0n) is 16.0. The molecule has 1 aliphatic rings. The van der Waals surface area contributed by atoms with Gasteiger partial charge in [-0.1, -0.05) is 6.92 Å². The van der Waals surface area contributed by atoms with Crippen LogP contribution in [0.3, 0.4) is 0 Å². The van der Waals surface area contributed by atoms with Crippen molar-refractivity contribution >= 4 is 15.9 Å². The highest BCUT2D eigenvalue weighted by atomic mass is 32.2. The van der Waals surface area contributed by atoms with Gasteiger partial charge in [-0.3, -0.25) is 4.79 Å². The first kappa shape index (κ1) is 20.7. The summed E-state index contributed by atoms with van der Waals surface area (Å²) >= 11 is 0. The van der Waals surface area contributed by atoms with Crippen LogP contribution in [0.2, 0.25) is 0 Å².